The van der Waals surface area contributed by atoms with Gasteiger partial charge < -0.3 is 9.84 Å². The quantitative estimate of drug-likeness (QED) is 0.516. The highest BCUT2D eigenvalue weighted by atomic mass is 35.5. The van der Waals surface area contributed by atoms with Gasteiger partial charge in [-0.2, -0.15) is 4.98 Å². The van der Waals surface area contributed by atoms with Gasteiger partial charge in [0.2, 0.25) is 11.0 Å². The first kappa shape index (κ1) is 15.6. The Kier molecular flexibility index (Phi) is 4.07. The standard InChI is InChI=1S/C14H11ClN2O3S2/c1-20-10-9-11(17-13(16-10)21-2)22-12(18)14(9,19)7-3-5-8(15)6-4-7/h3-6,19H,1-2H3. The molecule has 0 saturated heterocycles. The minimum atomic E-state index is -1.84. The molecule has 0 bridgehead atoms. The van der Waals surface area contributed by atoms with Crippen molar-refractivity contribution in [2.45, 2.75) is 15.8 Å². The third-order valence-corrected chi connectivity index (χ3v) is 5.08. The van der Waals surface area contributed by atoms with E-state index in [4.69, 9.17) is 16.3 Å². The van der Waals surface area contributed by atoms with E-state index in [1.165, 1.54) is 18.9 Å². The van der Waals surface area contributed by atoms with Crippen LogP contribution < -0.4 is 4.74 Å². The first-order valence-electron chi connectivity index (χ1n) is 6.22. The number of rotatable bonds is 3. The summed E-state index contributed by atoms with van der Waals surface area (Å²) in [5.74, 6) is 0.199. The van der Waals surface area contributed by atoms with E-state index in [2.05, 4.69) is 9.97 Å². The number of thioether (sulfide) groups is 2. The summed E-state index contributed by atoms with van der Waals surface area (Å²) in [6, 6.07) is 6.46. The van der Waals surface area contributed by atoms with E-state index in [-0.39, 0.29) is 11.4 Å². The molecule has 0 saturated carbocycles. The molecule has 1 N–H and O–H groups in total. The number of hydrogen-bond donors (Lipinski definition) is 1. The number of carbonyl (C=O) groups is 1. The third kappa shape index (κ3) is 2.28. The fraction of sp³-hybridized carbons (Fsp3) is 0.214. The summed E-state index contributed by atoms with van der Waals surface area (Å²) >= 11 is 8.10. The van der Waals surface area contributed by atoms with E-state index in [1.54, 1.807) is 24.3 Å². The number of aromatic nitrogens is 2. The molecule has 1 aliphatic heterocycles. The average Bonchev–Trinajstić information content (AvgIpc) is 2.79. The normalized spacial score (nSPS) is 20.1. The SMILES string of the molecule is COc1nc(SC)nc2c1C(O)(c1ccc(Cl)cc1)C(=O)S2. The Morgan fingerprint density at radius 1 is 1.32 bits per heavy atom. The number of ether oxygens (including phenoxy) is 1. The molecule has 0 fully saturated rings. The van der Waals surface area contributed by atoms with Crippen molar-refractivity contribution < 1.29 is 14.6 Å². The van der Waals surface area contributed by atoms with Crippen LogP contribution in [0.4, 0.5) is 0 Å². The van der Waals surface area contributed by atoms with Crippen LogP contribution >= 0.6 is 35.1 Å². The fourth-order valence-corrected chi connectivity index (χ4v) is 3.79. The summed E-state index contributed by atoms with van der Waals surface area (Å²) in [4.78, 5) is 21.0. The van der Waals surface area contributed by atoms with Gasteiger partial charge in [0.05, 0.1) is 12.7 Å². The fourth-order valence-electron chi connectivity index (χ4n) is 2.24. The van der Waals surface area contributed by atoms with Crippen molar-refractivity contribution in [3.8, 4) is 5.88 Å². The smallest absolute Gasteiger partial charge is 0.236 e. The lowest BCUT2D eigenvalue weighted by Gasteiger charge is -2.22. The van der Waals surface area contributed by atoms with Crippen LogP contribution in [-0.4, -0.2) is 33.6 Å². The van der Waals surface area contributed by atoms with E-state index in [9.17, 15) is 9.90 Å². The third-order valence-electron chi connectivity index (χ3n) is 3.31. The van der Waals surface area contributed by atoms with Gasteiger partial charge in [-0.1, -0.05) is 35.5 Å². The van der Waals surface area contributed by atoms with Gasteiger partial charge in [0.15, 0.2) is 10.8 Å². The summed E-state index contributed by atoms with van der Waals surface area (Å²) in [5.41, 5.74) is -1.15. The molecule has 22 heavy (non-hydrogen) atoms. The molecule has 114 valence electrons. The number of carbonyl (C=O) groups excluding carboxylic acids is 1. The molecular weight excluding hydrogens is 344 g/mol. The number of hydrogen-bond acceptors (Lipinski definition) is 7. The summed E-state index contributed by atoms with van der Waals surface area (Å²) in [6.45, 7) is 0. The Morgan fingerprint density at radius 2 is 2.00 bits per heavy atom. The molecule has 8 heteroatoms. The molecule has 1 aromatic carbocycles. The minimum absolute atomic E-state index is 0.199. The van der Waals surface area contributed by atoms with Crippen LogP contribution in [0, 0.1) is 0 Å². The van der Waals surface area contributed by atoms with Gasteiger partial charge in [0.25, 0.3) is 0 Å². The van der Waals surface area contributed by atoms with Crippen LogP contribution in [-0.2, 0) is 10.4 Å². The van der Waals surface area contributed by atoms with Crippen LogP contribution in [0.2, 0.25) is 5.02 Å². The Labute approximate surface area is 140 Å². The van der Waals surface area contributed by atoms with Crippen molar-refractivity contribution >= 4 is 40.2 Å². The summed E-state index contributed by atoms with van der Waals surface area (Å²) in [7, 11) is 1.45. The maximum atomic E-state index is 12.5. The first-order chi connectivity index (χ1) is 10.5. The van der Waals surface area contributed by atoms with Crippen LogP contribution in [0.1, 0.15) is 11.1 Å². The summed E-state index contributed by atoms with van der Waals surface area (Å²) in [5, 5.41) is 12.1. The largest absolute Gasteiger partial charge is 0.481 e. The van der Waals surface area contributed by atoms with Crippen molar-refractivity contribution in [3.05, 3.63) is 40.4 Å². The number of fused-ring (bicyclic) bond motifs is 1. The highest BCUT2D eigenvalue weighted by molar-refractivity contribution is 8.14. The second kappa shape index (κ2) is 5.73. The summed E-state index contributed by atoms with van der Waals surface area (Å²) in [6.07, 6.45) is 1.83. The van der Waals surface area contributed by atoms with Crippen LogP contribution in [0.25, 0.3) is 0 Å². The molecule has 1 atom stereocenters. The Morgan fingerprint density at radius 3 is 2.59 bits per heavy atom. The molecule has 0 amide bonds. The van der Waals surface area contributed by atoms with Crippen LogP contribution in [0.5, 0.6) is 5.88 Å². The summed E-state index contributed by atoms with van der Waals surface area (Å²) < 4.78 is 5.27. The minimum Gasteiger partial charge on any atom is -0.481 e. The van der Waals surface area contributed by atoms with Gasteiger partial charge >= 0.3 is 0 Å². The van der Waals surface area contributed by atoms with Gasteiger partial charge in [-0.15, -0.1) is 0 Å². The Balaban J connectivity index is 2.24. The van der Waals surface area contributed by atoms with Gasteiger partial charge in [0, 0.05) is 5.02 Å². The molecule has 1 aliphatic rings. The molecule has 2 heterocycles. The van der Waals surface area contributed by atoms with Crippen molar-refractivity contribution in [1.82, 2.24) is 9.97 Å². The lowest BCUT2D eigenvalue weighted by molar-refractivity contribution is -0.124. The van der Waals surface area contributed by atoms with Crippen molar-refractivity contribution in [1.29, 1.82) is 0 Å². The van der Waals surface area contributed by atoms with Gasteiger partial charge in [-0.25, -0.2) is 4.98 Å². The molecule has 1 unspecified atom stereocenters. The molecule has 3 rings (SSSR count). The number of halogens is 1. The predicted octanol–water partition coefficient (Wildman–Crippen LogP) is 2.73. The van der Waals surface area contributed by atoms with Crippen LogP contribution in [0.3, 0.4) is 0 Å². The average molecular weight is 355 g/mol. The molecular formula is C14H11ClN2O3S2. The molecule has 2 aromatic rings. The maximum absolute atomic E-state index is 12.5. The molecule has 0 radical (unpaired) electrons. The van der Waals surface area contributed by atoms with E-state index in [1.807, 2.05) is 6.26 Å². The Bertz CT molecular complexity index is 754. The van der Waals surface area contributed by atoms with Crippen LogP contribution in [0.15, 0.2) is 34.4 Å². The predicted molar refractivity (Wildman–Crippen MR) is 85.7 cm³/mol. The molecule has 1 aromatic heterocycles. The van der Waals surface area contributed by atoms with Crippen molar-refractivity contribution in [2.24, 2.45) is 0 Å². The lowest BCUT2D eigenvalue weighted by Crippen LogP contribution is -2.32. The van der Waals surface area contributed by atoms with E-state index in [0.29, 0.717) is 20.8 Å². The Hall–Kier alpha value is -1.28. The van der Waals surface area contributed by atoms with E-state index < -0.39 is 10.7 Å². The number of aliphatic hydroxyl groups is 1. The monoisotopic (exact) mass is 354 g/mol. The zero-order valence-electron chi connectivity index (χ0n) is 11.7. The molecule has 0 spiro atoms. The lowest BCUT2D eigenvalue weighted by atomic mass is 9.89. The van der Waals surface area contributed by atoms with Gasteiger partial charge in [-0.05, 0) is 35.7 Å². The zero-order valence-corrected chi connectivity index (χ0v) is 14.1. The molecule has 0 aliphatic carbocycles. The van der Waals surface area contributed by atoms with Crippen molar-refractivity contribution in [2.75, 3.05) is 13.4 Å². The zero-order chi connectivity index (χ0) is 15.9. The van der Waals surface area contributed by atoms with Gasteiger partial charge in [0.1, 0.15) is 5.03 Å². The number of benzene rings is 1. The maximum Gasteiger partial charge on any atom is 0.236 e. The second-order valence-corrected chi connectivity index (χ2v) is 6.68. The number of methoxy groups -OCH3 is 1. The van der Waals surface area contributed by atoms with E-state index in [0.717, 1.165) is 11.8 Å². The van der Waals surface area contributed by atoms with Crippen molar-refractivity contribution in [3.63, 3.8) is 0 Å². The number of nitrogens with zero attached hydrogens (tertiary/aromatic N) is 2. The second-order valence-electron chi connectivity index (χ2n) is 4.51. The molecule has 5 nitrogen and oxygen atoms in total. The highest BCUT2D eigenvalue weighted by Gasteiger charge is 2.51. The first-order valence-corrected chi connectivity index (χ1v) is 8.63. The van der Waals surface area contributed by atoms with E-state index >= 15 is 0 Å². The topological polar surface area (TPSA) is 72.3 Å². The highest BCUT2D eigenvalue weighted by Crippen LogP contribution is 2.50. The van der Waals surface area contributed by atoms with Gasteiger partial charge in [-0.3, -0.25) is 4.79 Å².